The van der Waals surface area contributed by atoms with Gasteiger partial charge in [0.1, 0.15) is 6.54 Å². The minimum absolute atomic E-state index is 0.0619. The Morgan fingerprint density at radius 2 is 2.08 bits per heavy atom. The van der Waals surface area contributed by atoms with Crippen molar-refractivity contribution in [3.05, 3.63) is 45.7 Å². The molecule has 0 spiro atoms. The SMILES string of the molecule is COC(=O)[C@@](C)(NC(=O)Cn1cc(C2CC2)nn1)c1ccc(Cl)c(Cl)c1. The van der Waals surface area contributed by atoms with Gasteiger partial charge in [0.05, 0.1) is 22.8 Å². The summed E-state index contributed by atoms with van der Waals surface area (Å²) in [4.78, 5) is 24.9. The van der Waals surface area contributed by atoms with E-state index >= 15 is 0 Å². The molecule has 1 aromatic heterocycles. The Balaban J connectivity index is 1.79. The first-order chi connectivity index (χ1) is 12.3. The van der Waals surface area contributed by atoms with Gasteiger partial charge in [-0.25, -0.2) is 9.48 Å². The summed E-state index contributed by atoms with van der Waals surface area (Å²) in [5.41, 5.74) is -0.0673. The van der Waals surface area contributed by atoms with Crippen molar-refractivity contribution in [2.45, 2.75) is 37.8 Å². The van der Waals surface area contributed by atoms with Gasteiger partial charge in [-0.3, -0.25) is 4.79 Å². The molecule has 2 aromatic rings. The van der Waals surface area contributed by atoms with E-state index in [9.17, 15) is 9.59 Å². The number of esters is 1. The van der Waals surface area contributed by atoms with Crippen LogP contribution in [0, 0.1) is 0 Å². The van der Waals surface area contributed by atoms with E-state index in [2.05, 4.69) is 15.6 Å². The third-order valence-electron chi connectivity index (χ3n) is 4.34. The highest BCUT2D eigenvalue weighted by Gasteiger charge is 2.38. The number of nitrogens with zero attached hydrogens (tertiary/aromatic N) is 3. The Morgan fingerprint density at radius 3 is 2.69 bits per heavy atom. The van der Waals surface area contributed by atoms with Crippen LogP contribution in [0.2, 0.25) is 10.0 Å². The minimum Gasteiger partial charge on any atom is -0.467 e. The van der Waals surface area contributed by atoms with Crippen molar-refractivity contribution in [1.29, 1.82) is 0 Å². The first-order valence-electron chi connectivity index (χ1n) is 8.08. The molecule has 0 radical (unpaired) electrons. The van der Waals surface area contributed by atoms with Crippen molar-refractivity contribution >= 4 is 35.1 Å². The molecule has 3 rings (SSSR count). The molecular weight excluding hydrogens is 379 g/mol. The lowest BCUT2D eigenvalue weighted by atomic mass is 9.92. The molecule has 1 amide bonds. The number of methoxy groups -OCH3 is 1. The van der Waals surface area contributed by atoms with Crippen LogP contribution in [0.15, 0.2) is 24.4 Å². The van der Waals surface area contributed by atoms with Gasteiger partial charge in [-0.05, 0) is 37.5 Å². The lowest BCUT2D eigenvalue weighted by Gasteiger charge is -2.28. The number of hydrogen-bond donors (Lipinski definition) is 1. The van der Waals surface area contributed by atoms with Crippen LogP contribution >= 0.6 is 23.2 Å². The summed E-state index contributed by atoms with van der Waals surface area (Å²) < 4.78 is 6.32. The number of carbonyl (C=O) groups is 2. The molecule has 0 saturated heterocycles. The second kappa shape index (κ2) is 7.25. The maximum atomic E-state index is 12.5. The van der Waals surface area contributed by atoms with Crippen LogP contribution < -0.4 is 5.32 Å². The zero-order chi connectivity index (χ0) is 18.9. The third-order valence-corrected chi connectivity index (χ3v) is 5.08. The molecule has 0 aliphatic heterocycles. The molecule has 1 fully saturated rings. The number of carbonyl (C=O) groups excluding carboxylic acids is 2. The second-order valence-corrected chi connectivity index (χ2v) is 7.22. The Kier molecular flexibility index (Phi) is 5.20. The van der Waals surface area contributed by atoms with Gasteiger partial charge < -0.3 is 10.1 Å². The largest absolute Gasteiger partial charge is 0.467 e. The highest BCUT2D eigenvalue weighted by Crippen LogP contribution is 2.38. The van der Waals surface area contributed by atoms with Crippen molar-refractivity contribution in [2.24, 2.45) is 0 Å². The van der Waals surface area contributed by atoms with E-state index in [1.54, 1.807) is 25.3 Å². The molecule has 1 N–H and O–H groups in total. The Hall–Kier alpha value is -2.12. The zero-order valence-corrected chi connectivity index (χ0v) is 15.8. The molecule has 138 valence electrons. The number of nitrogens with one attached hydrogen (secondary N) is 1. The first-order valence-corrected chi connectivity index (χ1v) is 8.84. The van der Waals surface area contributed by atoms with Crippen molar-refractivity contribution < 1.29 is 14.3 Å². The number of ether oxygens (including phenoxy) is 1. The van der Waals surface area contributed by atoms with Crippen molar-refractivity contribution in [3.8, 4) is 0 Å². The second-order valence-electron chi connectivity index (χ2n) is 6.41. The van der Waals surface area contributed by atoms with Gasteiger partial charge in [0, 0.05) is 12.1 Å². The van der Waals surface area contributed by atoms with Crippen LogP contribution in [0.5, 0.6) is 0 Å². The monoisotopic (exact) mass is 396 g/mol. The molecule has 1 heterocycles. The lowest BCUT2D eigenvalue weighted by molar-refractivity contribution is -0.150. The number of aromatic nitrogens is 3. The molecule has 1 aliphatic carbocycles. The molecule has 0 bridgehead atoms. The summed E-state index contributed by atoms with van der Waals surface area (Å²) in [6.45, 7) is 1.49. The quantitative estimate of drug-likeness (QED) is 0.758. The van der Waals surface area contributed by atoms with Gasteiger partial charge in [0.25, 0.3) is 0 Å². The minimum atomic E-state index is -1.42. The highest BCUT2D eigenvalue weighted by atomic mass is 35.5. The van der Waals surface area contributed by atoms with Crippen LogP contribution in [0.4, 0.5) is 0 Å². The predicted molar refractivity (Wildman–Crippen MR) is 96.0 cm³/mol. The van der Waals surface area contributed by atoms with Crippen LogP contribution in [-0.2, 0) is 26.4 Å². The Labute approximate surface area is 160 Å². The molecule has 26 heavy (non-hydrogen) atoms. The molecule has 1 aromatic carbocycles. The summed E-state index contributed by atoms with van der Waals surface area (Å²) >= 11 is 12.0. The van der Waals surface area contributed by atoms with Crippen molar-refractivity contribution in [1.82, 2.24) is 20.3 Å². The molecule has 1 atom stereocenters. The number of benzene rings is 1. The van der Waals surface area contributed by atoms with E-state index in [0.29, 0.717) is 16.5 Å². The van der Waals surface area contributed by atoms with Crippen LogP contribution in [0.1, 0.15) is 36.9 Å². The summed E-state index contributed by atoms with van der Waals surface area (Å²) in [5, 5.41) is 11.4. The van der Waals surface area contributed by atoms with Gasteiger partial charge >= 0.3 is 5.97 Å². The molecule has 9 heteroatoms. The van der Waals surface area contributed by atoms with E-state index in [-0.39, 0.29) is 11.6 Å². The number of rotatable bonds is 6. The van der Waals surface area contributed by atoms with E-state index in [4.69, 9.17) is 27.9 Å². The smallest absolute Gasteiger partial charge is 0.336 e. The average molecular weight is 397 g/mol. The van der Waals surface area contributed by atoms with Crippen molar-refractivity contribution in [3.63, 3.8) is 0 Å². The topological polar surface area (TPSA) is 86.1 Å². The summed E-state index contributed by atoms with van der Waals surface area (Å²) in [7, 11) is 1.25. The first kappa shape index (κ1) is 18.7. The number of hydrogen-bond acceptors (Lipinski definition) is 5. The van der Waals surface area contributed by atoms with Gasteiger partial charge in [0.2, 0.25) is 5.91 Å². The molecular formula is C17H18Cl2N4O3. The average Bonchev–Trinajstić information content (AvgIpc) is 3.36. The molecule has 1 saturated carbocycles. The Bertz CT molecular complexity index is 850. The number of halogens is 2. The highest BCUT2D eigenvalue weighted by molar-refractivity contribution is 6.42. The fraction of sp³-hybridized carbons (Fsp3) is 0.412. The number of amides is 1. The molecule has 1 aliphatic rings. The maximum Gasteiger partial charge on any atom is 0.336 e. The van der Waals surface area contributed by atoms with Gasteiger partial charge in [-0.1, -0.05) is 34.5 Å². The summed E-state index contributed by atoms with van der Waals surface area (Å²) in [5.74, 6) is -0.582. The van der Waals surface area contributed by atoms with Gasteiger partial charge in [-0.15, -0.1) is 5.10 Å². The maximum absolute atomic E-state index is 12.5. The fourth-order valence-corrected chi connectivity index (χ4v) is 2.97. The zero-order valence-electron chi connectivity index (χ0n) is 14.3. The van der Waals surface area contributed by atoms with Crippen molar-refractivity contribution in [2.75, 3.05) is 7.11 Å². The summed E-state index contributed by atoms with van der Waals surface area (Å²) in [6.07, 6.45) is 3.96. The van der Waals surface area contributed by atoms with Crippen LogP contribution in [0.3, 0.4) is 0 Å². The lowest BCUT2D eigenvalue weighted by Crippen LogP contribution is -2.51. The van der Waals surface area contributed by atoms with Gasteiger partial charge in [0.15, 0.2) is 5.54 Å². The van der Waals surface area contributed by atoms with E-state index in [1.165, 1.54) is 17.9 Å². The van der Waals surface area contributed by atoms with E-state index in [1.807, 2.05) is 0 Å². The standard InChI is InChI=1S/C17H18Cl2N4O3/c1-17(16(25)26-2,11-5-6-12(18)13(19)7-11)20-15(24)9-23-8-14(21-22-23)10-3-4-10/h5-8,10H,3-4,9H2,1-2H3,(H,20,24)/t17-/m0/s1. The fourth-order valence-electron chi connectivity index (χ4n) is 2.67. The van der Waals surface area contributed by atoms with Crippen LogP contribution in [-0.4, -0.2) is 34.0 Å². The molecule has 7 nitrogen and oxygen atoms in total. The Morgan fingerprint density at radius 1 is 1.35 bits per heavy atom. The molecule has 0 unspecified atom stereocenters. The summed E-state index contributed by atoms with van der Waals surface area (Å²) in [6, 6.07) is 4.71. The van der Waals surface area contributed by atoms with E-state index < -0.39 is 17.4 Å². The predicted octanol–water partition coefficient (Wildman–Crippen LogP) is 2.67. The van der Waals surface area contributed by atoms with E-state index in [0.717, 1.165) is 18.5 Å². The van der Waals surface area contributed by atoms with Crippen LogP contribution in [0.25, 0.3) is 0 Å². The normalized spacial score (nSPS) is 16.0. The van der Waals surface area contributed by atoms with Gasteiger partial charge in [-0.2, -0.15) is 0 Å². The third kappa shape index (κ3) is 3.83.